The first-order chi connectivity index (χ1) is 14.5. The SMILES string of the molecule is CCOC(=O)c1cn(CC(=O)Nc2ccc3c(c2)OCO3)c2nc(C)ccc2c1=O. The Morgan fingerprint density at radius 2 is 2.00 bits per heavy atom. The van der Waals surface area contributed by atoms with Crippen molar-refractivity contribution in [1.29, 1.82) is 0 Å². The summed E-state index contributed by atoms with van der Waals surface area (Å²) in [5.41, 5.74) is 0.892. The molecule has 1 aromatic carbocycles. The van der Waals surface area contributed by atoms with Gasteiger partial charge in [0.1, 0.15) is 17.8 Å². The number of carbonyl (C=O) groups is 2. The van der Waals surface area contributed by atoms with Gasteiger partial charge in [-0.25, -0.2) is 9.78 Å². The van der Waals surface area contributed by atoms with Crippen molar-refractivity contribution in [2.45, 2.75) is 20.4 Å². The molecule has 1 N–H and O–H groups in total. The van der Waals surface area contributed by atoms with Gasteiger partial charge in [0.25, 0.3) is 0 Å². The maximum Gasteiger partial charge on any atom is 0.343 e. The van der Waals surface area contributed by atoms with Gasteiger partial charge < -0.3 is 24.1 Å². The van der Waals surface area contributed by atoms with Gasteiger partial charge in [0.05, 0.1) is 12.0 Å². The Morgan fingerprint density at radius 3 is 2.80 bits per heavy atom. The van der Waals surface area contributed by atoms with Crippen LogP contribution in [-0.4, -0.2) is 34.8 Å². The van der Waals surface area contributed by atoms with Crippen molar-refractivity contribution in [2.24, 2.45) is 0 Å². The highest BCUT2D eigenvalue weighted by molar-refractivity contribution is 5.95. The lowest BCUT2D eigenvalue weighted by atomic mass is 10.2. The molecule has 0 spiro atoms. The Balaban J connectivity index is 1.67. The second kappa shape index (κ2) is 7.86. The first-order valence-corrected chi connectivity index (χ1v) is 9.33. The fourth-order valence-electron chi connectivity index (χ4n) is 3.16. The lowest BCUT2D eigenvalue weighted by Gasteiger charge is -2.13. The van der Waals surface area contributed by atoms with Crippen LogP contribution < -0.4 is 20.2 Å². The Morgan fingerprint density at radius 1 is 1.20 bits per heavy atom. The number of carbonyl (C=O) groups excluding carboxylic acids is 2. The van der Waals surface area contributed by atoms with E-state index in [2.05, 4.69) is 10.3 Å². The first kappa shape index (κ1) is 19.4. The number of aryl methyl sites for hydroxylation is 1. The molecule has 0 saturated heterocycles. The number of ether oxygens (including phenoxy) is 3. The molecule has 3 heterocycles. The fourth-order valence-corrected chi connectivity index (χ4v) is 3.16. The third-order valence-corrected chi connectivity index (χ3v) is 4.53. The van der Waals surface area contributed by atoms with E-state index in [0.29, 0.717) is 28.5 Å². The molecule has 1 amide bonds. The lowest BCUT2D eigenvalue weighted by molar-refractivity contribution is -0.116. The molecule has 4 rings (SSSR count). The minimum atomic E-state index is -0.741. The molecule has 0 bridgehead atoms. The van der Waals surface area contributed by atoms with Gasteiger partial charge in [-0.1, -0.05) is 0 Å². The zero-order valence-corrected chi connectivity index (χ0v) is 16.4. The van der Waals surface area contributed by atoms with Crippen LogP contribution in [0.1, 0.15) is 23.0 Å². The summed E-state index contributed by atoms with van der Waals surface area (Å²) < 4.78 is 17.0. The third-order valence-electron chi connectivity index (χ3n) is 4.53. The van der Waals surface area contributed by atoms with Crippen LogP contribution in [0.25, 0.3) is 11.0 Å². The molecule has 9 heteroatoms. The molecule has 0 fully saturated rings. The van der Waals surface area contributed by atoms with E-state index in [1.165, 1.54) is 10.8 Å². The van der Waals surface area contributed by atoms with E-state index in [1.54, 1.807) is 44.2 Å². The second-order valence-electron chi connectivity index (χ2n) is 6.66. The number of aromatic nitrogens is 2. The van der Waals surface area contributed by atoms with E-state index < -0.39 is 11.4 Å². The molecule has 0 radical (unpaired) electrons. The molecule has 1 aliphatic rings. The summed E-state index contributed by atoms with van der Waals surface area (Å²) in [6.45, 7) is 3.54. The van der Waals surface area contributed by atoms with Crippen LogP contribution in [0.2, 0.25) is 0 Å². The van der Waals surface area contributed by atoms with Gasteiger partial charge >= 0.3 is 5.97 Å². The Hall–Kier alpha value is -3.88. The van der Waals surface area contributed by atoms with Crippen LogP contribution in [0.15, 0.2) is 41.3 Å². The summed E-state index contributed by atoms with van der Waals surface area (Å²) in [5.74, 6) is 0.0495. The monoisotopic (exact) mass is 409 g/mol. The average Bonchev–Trinajstić information content (AvgIpc) is 3.18. The largest absolute Gasteiger partial charge is 0.462 e. The van der Waals surface area contributed by atoms with Crippen molar-refractivity contribution >= 4 is 28.6 Å². The minimum Gasteiger partial charge on any atom is -0.462 e. The lowest BCUT2D eigenvalue weighted by Crippen LogP contribution is -2.25. The minimum absolute atomic E-state index is 0.132. The average molecular weight is 409 g/mol. The zero-order chi connectivity index (χ0) is 21.3. The molecule has 9 nitrogen and oxygen atoms in total. The van der Waals surface area contributed by atoms with Crippen LogP contribution in [0.5, 0.6) is 11.5 Å². The van der Waals surface area contributed by atoms with E-state index >= 15 is 0 Å². The van der Waals surface area contributed by atoms with Gasteiger partial charge in [-0.15, -0.1) is 0 Å². The van der Waals surface area contributed by atoms with Crippen molar-refractivity contribution in [2.75, 3.05) is 18.7 Å². The molecule has 154 valence electrons. The highest BCUT2D eigenvalue weighted by Gasteiger charge is 2.19. The number of rotatable bonds is 5. The number of amides is 1. The Kier molecular flexibility index (Phi) is 5.09. The summed E-state index contributed by atoms with van der Waals surface area (Å²) in [5, 5.41) is 3.01. The molecule has 0 atom stereocenters. The number of esters is 1. The van der Waals surface area contributed by atoms with Crippen LogP contribution >= 0.6 is 0 Å². The maximum absolute atomic E-state index is 12.7. The predicted molar refractivity (Wildman–Crippen MR) is 108 cm³/mol. The molecule has 0 aliphatic carbocycles. The van der Waals surface area contributed by atoms with Gasteiger partial charge in [-0.3, -0.25) is 9.59 Å². The predicted octanol–water partition coefficient (Wildman–Crippen LogP) is 2.25. The summed E-state index contributed by atoms with van der Waals surface area (Å²) in [6, 6.07) is 8.33. The summed E-state index contributed by atoms with van der Waals surface area (Å²) in [6.07, 6.45) is 1.31. The van der Waals surface area contributed by atoms with Gasteiger partial charge in [0.15, 0.2) is 11.5 Å². The molecule has 3 aromatic rings. The van der Waals surface area contributed by atoms with Crippen molar-refractivity contribution in [3.05, 3.63) is 58.0 Å². The smallest absolute Gasteiger partial charge is 0.343 e. The van der Waals surface area contributed by atoms with Gasteiger partial charge in [-0.2, -0.15) is 0 Å². The van der Waals surface area contributed by atoms with E-state index in [0.717, 1.165) is 0 Å². The summed E-state index contributed by atoms with van der Waals surface area (Å²) in [4.78, 5) is 42.0. The first-order valence-electron chi connectivity index (χ1n) is 9.33. The second-order valence-corrected chi connectivity index (χ2v) is 6.66. The number of nitrogens with zero attached hydrogens (tertiary/aromatic N) is 2. The maximum atomic E-state index is 12.7. The molecule has 0 saturated carbocycles. The van der Waals surface area contributed by atoms with Crippen molar-refractivity contribution in [3.8, 4) is 11.5 Å². The van der Waals surface area contributed by atoms with Crippen molar-refractivity contribution in [3.63, 3.8) is 0 Å². The zero-order valence-electron chi connectivity index (χ0n) is 16.4. The summed E-state index contributed by atoms with van der Waals surface area (Å²) in [7, 11) is 0. The summed E-state index contributed by atoms with van der Waals surface area (Å²) >= 11 is 0. The van der Waals surface area contributed by atoms with E-state index in [1.807, 2.05) is 0 Å². The normalized spacial score (nSPS) is 12.1. The number of pyridine rings is 2. The number of anilines is 1. The highest BCUT2D eigenvalue weighted by atomic mass is 16.7. The quantitative estimate of drug-likeness (QED) is 0.644. The van der Waals surface area contributed by atoms with Gasteiger partial charge in [0, 0.05) is 23.6 Å². The third kappa shape index (κ3) is 3.69. The molecule has 30 heavy (non-hydrogen) atoms. The van der Waals surface area contributed by atoms with Crippen molar-refractivity contribution < 1.29 is 23.8 Å². The number of fused-ring (bicyclic) bond motifs is 2. The topological polar surface area (TPSA) is 109 Å². The van der Waals surface area contributed by atoms with E-state index in [9.17, 15) is 14.4 Å². The van der Waals surface area contributed by atoms with Crippen LogP contribution in [0.3, 0.4) is 0 Å². The van der Waals surface area contributed by atoms with Crippen LogP contribution in [0.4, 0.5) is 5.69 Å². The molecule has 0 unspecified atom stereocenters. The highest BCUT2D eigenvalue weighted by Crippen LogP contribution is 2.34. The number of nitrogens with one attached hydrogen (secondary N) is 1. The van der Waals surface area contributed by atoms with E-state index in [4.69, 9.17) is 14.2 Å². The number of hydrogen-bond donors (Lipinski definition) is 1. The van der Waals surface area contributed by atoms with E-state index in [-0.39, 0.29) is 36.8 Å². The number of hydrogen-bond acceptors (Lipinski definition) is 7. The fraction of sp³-hybridized carbons (Fsp3) is 0.238. The standard InChI is InChI=1S/C21H19N3O6/c1-3-28-21(27)15-9-24(20-14(19(15)26)6-4-12(2)22-20)10-18(25)23-13-5-7-16-17(8-13)30-11-29-16/h4-9H,3,10-11H2,1-2H3,(H,23,25). The molecule has 2 aromatic heterocycles. The van der Waals surface area contributed by atoms with Crippen LogP contribution in [0, 0.1) is 6.92 Å². The Bertz CT molecular complexity index is 1220. The van der Waals surface area contributed by atoms with Crippen molar-refractivity contribution in [1.82, 2.24) is 9.55 Å². The van der Waals surface area contributed by atoms with Crippen LogP contribution in [-0.2, 0) is 16.1 Å². The van der Waals surface area contributed by atoms with Gasteiger partial charge in [0.2, 0.25) is 18.1 Å². The van der Waals surface area contributed by atoms with Gasteiger partial charge in [-0.05, 0) is 38.1 Å². The molecular formula is C21H19N3O6. The Labute approximate surface area is 171 Å². The molecular weight excluding hydrogens is 390 g/mol. The number of benzene rings is 1. The molecule has 1 aliphatic heterocycles.